The molecule has 2 aliphatic heterocycles. The van der Waals surface area contributed by atoms with Crippen LogP contribution in [0.25, 0.3) is 0 Å². The monoisotopic (exact) mass is 417 g/mol. The van der Waals surface area contributed by atoms with Gasteiger partial charge in [-0.05, 0) is 49.8 Å². The fourth-order valence-electron chi connectivity index (χ4n) is 4.56. The summed E-state index contributed by atoms with van der Waals surface area (Å²) < 4.78 is 38.2. The largest absolute Gasteiger partial charge is 0.417 e. The van der Waals surface area contributed by atoms with Gasteiger partial charge in [0.15, 0.2) is 0 Å². The lowest BCUT2D eigenvalue weighted by Crippen LogP contribution is -2.45. The highest BCUT2D eigenvalue weighted by molar-refractivity contribution is 5.80. The Bertz CT molecular complexity index is 846. The highest BCUT2D eigenvalue weighted by Crippen LogP contribution is 2.31. The van der Waals surface area contributed by atoms with Crippen LogP contribution in [-0.2, 0) is 17.4 Å². The van der Waals surface area contributed by atoms with Crippen LogP contribution in [0.1, 0.15) is 36.8 Å². The molecule has 2 aliphatic rings. The topological polar surface area (TPSA) is 36.4 Å². The average Bonchev–Trinajstić information content (AvgIpc) is 3.21. The summed E-state index contributed by atoms with van der Waals surface area (Å²) in [5.74, 6) is 0.748. The number of alkyl halides is 3. The van der Waals surface area contributed by atoms with Gasteiger partial charge in [-0.2, -0.15) is 13.2 Å². The third-order valence-electron chi connectivity index (χ3n) is 6.22. The molecule has 160 valence electrons. The predicted molar refractivity (Wildman–Crippen MR) is 109 cm³/mol. The summed E-state index contributed by atoms with van der Waals surface area (Å²) in [7, 11) is 0. The maximum atomic E-state index is 13.2. The van der Waals surface area contributed by atoms with Crippen molar-refractivity contribution in [2.75, 3.05) is 24.5 Å². The number of carbonyl (C=O) groups is 1. The number of piperidine rings is 1. The van der Waals surface area contributed by atoms with Crippen LogP contribution >= 0.6 is 0 Å². The maximum Gasteiger partial charge on any atom is 0.417 e. The molecule has 4 nitrogen and oxygen atoms in total. The molecule has 2 saturated heterocycles. The van der Waals surface area contributed by atoms with E-state index in [1.165, 1.54) is 11.6 Å². The van der Waals surface area contributed by atoms with Gasteiger partial charge in [0.25, 0.3) is 0 Å². The lowest BCUT2D eigenvalue weighted by Gasteiger charge is -2.35. The molecule has 0 saturated carbocycles. The summed E-state index contributed by atoms with van der Waals surface area (Å²) in [4.78, 5) is 21.2. The first-order valence-corrected chi connectivity index (χ1v) is 10.5. The van der Waals surface area contributed by atoms with E-state index in [0.29, 0.717) is 31.7 Å². The Hall–Kier alpha value is -2.57. The molecule has 0 N–H and O–H groups in total. The SMILES string of the molecule is O=C(C1CCN(c2ccc(C(F)(F)F)cn2)CC1)N1CCC[C@@H]1Cc1ccccc1. The lowest BCUT2D eigenvalue weighted by molar-refractivity contribution is -0.138. The Morgan fingerprint density at radius 3 is 2.37 bits per heavy atom. The third-order valence-corrected chi connectivity index (χ3v) is 6.22. The first kappa shape index (κ1) is 20.7. The van der Waals surface area contributed by atoms with Crippen LogP contribution in [0.3, 0.4) is 0 Å². The molecule has 1 aromatic heterocycles. The summed E-state index contributed by atoms with van der Waals surface area (Å²) in [5.41, 5.74) is 0.514. The van der Waals surface area contributed by atoms with Crippen LogP contribution in [-0.4, -0.2) is 41.5 Å². The van der Waals surface area contributed by atoms with Gasteiger partial charge >= 0.3 is 6.18 Å². The Balaban J connectivity index is 1.34. The van der Waals surface area contributed by atoms with Crippen LogP contribution in [0.15, 0.2) is 48.7 Å². The number of pyridine rings is 1. The van der Waals surface area contributed by atoms with Crippen LogP contribution in [0.2, 0.25) is 0 Å². The van der Waals surface area contributed by atoms with E-state index < -0.39 is 11.7 Å². The van der Waals surface area contributed by atoms with E-state index in [9.17, 15) is 18.0 Å². The van der Waals surface area contributed by atoms with Crippen LogP contribution in [0, 0.1) is 5.92 Å². The first-order valence-electron chi connectivity index (χ1n) is 10.5. The van der Waals surface area contributed by atoms with Crippen molar-refractivity contribution in [2.45, 2.75) is 44.3 Å². The molecule has 1 amide bonds. The molecule has 3 heterocycles. The average molecular weight is 417 g/mol. The molecule has 0 spiro atoms. The number of rotatable bonds is 4. The highest BCUT2D eigenvalue weighted by Gasteiger charge is 2.35. The minimum atomic E-state index is -4.38. The van der Waals surface area contributed by atoms with Crippen LogP contribution < -0.4 is 4.90 Å². The van der Waals surface area contributed by atoms with Crippen molar-refractivity contribution in [2.24, 2.45) is 5.92 Å². The second kappa shape index (κ2) is 8.66. The normalized spacial score (nSPS) is 20.6. The van der Waals surface area contributed by atoms with E-state index >= 15 is 0 Å². The second-order valence-electron chi connectivity index (χ2n) is 8.18. The Kier molecular flexibility index (Phi) is 5.97. The number of halogens is 3. The Morgan fingerprint density at radius 1 is 1.00 bits per heavy atom. The van der Waals surface area contributed by atoms with Crippen LogP contribution in [0.5, 0.6) is 0 Å². The summed E-state index contributed by atoms with van der Waals surface area (Å²) in [6.07, 6.45) is 0.877. The fourth-order valence-corrected chi connectivity index (χ4v) is 4.56. The van der Waals surface area contributed by atoms with E-state index in [1.807, 2.05) is 23.1 Å². The standard InChI is InChI=1S/C23H26F3N3O/c24-23(25,26)19-8-9-21(27-16-19)28-13-10-18(11-14-28)22(30)29-12-4-7-20(29)15-17-5-2-1-3-6-17/h1-3,5-6,8-9,16,18,20H,4,7,10-15H2/t20-/m1/s1. The number of hydrogen-bond acceptors (Lipinski definition) is 3. The molecule has 1 atom stereocenters. The van der Waals surface area contributed by atoms with E-state index in [0.717, 1.165) is 38.1 Å². The van der Waals surface area contributed by atoms with Crippen molar-refractivity contribution in [3.8, 4) is 0 Å². The van der Waals surface area contributed by atoms with Gasteiger partial charge in [0.1, 0.15) is 5.82 Å². The van der Waals surface area contributed by atoms with Gasteiger partial charge in [0, 0.05) is 37.8 Å². The molecule has 30 heavy (non-hydrogen) atoms. The van der Waals surface area contributed by atoms with Gasteiger partial charge in [0.05, 0.1) is 5.56 Å². The van der Waals surface area contributed by atoms with E-state index in [4.69, 9.17) is 0 Å². The first-order chi connectivity index (χ1) is 14.4. The molecule has 2 fully saturated rings. The molecular weight excluding hydrogens is 391 g/mol. The summed E-state index contributed by atoms with van der Waals surface area (Å²) >= 11 is 0. The van der Waals surface area contributed by atoms with Gasteiger partial charge < -0.3 is 9.80 Å². The number of likely N-dealkylation sites (tertiary alicyclic amines) is 1. The molecule has 4 rings (SSSR count). The van der Waals surface area contributed by atoms with Gasteiger partial charge in [-0.3, -0.25) is 4.79 Å². The van der Waals surface area contributed by atoms with E-state index in [1.54, 1.807) is 0 Å². The summed E-state index contributed by atoms with van der Waals surface area (Å²) in [6, 6.07) is 13.0. The molecular formula is C23H26F3N3O. The number of carbonyl (C=O) groups excluding carboxylic acids is 1. The Morgan fingerprint density at radius 2 is 1.73 bits per heavy atom. The van der Waals surface area contributed by atoms with Gasteiger partial charge in [-0.1, -0.05) is 30.3 Å². The van der Waals surface area contributed by atoms with Crippen molar-refractivity contribution in [1.82, 2.24) is 9.88 Å². The van der Waals surface area contributed by atoms with Crippen molar-refractivity contribution < 1.29 is 18.0 Å². The third kappa shape index (κ3) is 4.60. The molecule has 0 radical (unpaired) electrons. The molecule has 0 unspecified atom stereocenters. The Labute approximate surface area is 174 Å². The van der Waals surface area contributed by atoms with Crippen molar-refractivity contribution >= 4 is 11.7 Å². The highest BCUT2D eigenvalue weighted by atomic mass is 19.4. The van der Waals surface area contributed by atoms with Gasteiger partial charge in [-0.25, -0.2) is 4.98 Å². The number of hydrogen-bond donors (Lipinski definition) is 0. The van der Waals surface area contributed by atoms with Crippen molar-refractivity contribution in [3.63, 3.8) is 0 Å². The molecule has 7 heteroatoms. The lowest BCUT2D eigenvalue weighted by atomic mass is 9.94. The van der Waals surface area contributed by atoms with Crippen molar-refractivity contribution in [3.05, 3.63) is 59.8 Å². The summed E-state index contributed by atoms with van der Waals surface area (Å²) in [5, 5.41) is 0. The molecule has 1 aromatic carbocycles. The maximum absolute atomic E-state index is 13.2. The predicted octanol–water partition coefficient (Wildman–Crippen LogP) is 4.55. The van der Waals surface area contributed by atoms with E-state index in [2.05, 4.69) is 22.0 Å². The second-order valence-corrected chi connectivity index (χ2v) is 8.18. The van der Waals surface area contributed by atoms with Crippen molar-refractivity contribution in [1.29, 1.82) is 0 Å². The van der Waals surface area contributed by atoms with Gasteiger partial charge in [-0.15, -0.1) is 0 Å². The molecule has 0 aliphatic carbocycles. The number of benzene rings is 1. The number of anilines is 1. The number of amides is 1. The quantitative estimate of drug-likeness (QED) is 0.732. The van der Waals surface area contributed by atoms with E-state index in [-0.39, 0.29) is 17.9 Å². The zero-order valence-electron chi connectivity index (χ0n) is 16.8. The fraction of sp³-hybridized carbons (Fsp3) is 0.478. The summed E-state index contributed by atoms with van der Waals surface area (Å²) in [6.45, 7) is 2.08. The molecule has 0 bridgehead atoms. The number of nitrogens with zero attached hydrogens (tertiary/aromatic N) is 3. The zero-order valence-corrected chi connectivity index (χ0v) is 16.8. The number of aromatic nitrogens is 1. The smallest absolute Gasteiger partial charge is 0.357 e. The van der Waals surface area contributed by atoms with Gasteiger partial charge in [0.2, 0.25) is 5.91 Å². The minimum Gasteiger partial charge on any atom is -0.357 e. The van der Waals surface area contributed by atoms with Crippen LogP contribution in [0.4, 0.5) is 19.0 Å². The minimum absolute atomic E-state index is 0.0212. The molecule has 2 aromatic rings. The zero-order chi connectivity index (χ0) is 21.1.